The second-order valence-electron chi connectivity index (χ2n) is 5.30. The first kappa shape index (κ1) is 15.1. The predicted octanol–water partition coefficient (Wildman–Crippen LogP) is 1.77. The molecule has 0 aliphatic carbocycles. The summed E-state index contributed by atoms with van der Waals surface area (Å²) in [7, 11) is 1.72. The van der Waals surface area contributed by atoms with Crippen LogP contribution in [-0.2, 0) is 4.74 Å². The molecular formula is C15H24N2O3. The van der Waals surface area contributed by atoms with Crippen LogP contribution in [0.3, 0.4) is 0 Å². The number of hydrogen-bond donors (Lipinski definition) is 1. The fraction of sp³-hybridized carbons (Fsp3) is 0.600. The number of nitrogens with two attached hydrogens (primary N) is 1. The van der Waals surface area contributed by atoms with Crippen molar-refractivity contribution < 1.29 is 14.2 Å². The molecule has 0 saturated carbocycles. The highest BCUT2D eigenvalue weighted by atomic mass is 16.7. The van der Waals surface area contributed by atoms with E-state index in [4.69, 9.17) is 19.9 Å². The number of ether oxygens (including phenoxy) is 3. The standard InChI is InChI=1S/C15H24N2O3/c1-11(2)17(6-7-18-3)9-13(16)12-4-5-14-15(8-12)20-10-19-14/h4-5,8,11,13H,6-7,9-10,16H2,1-3H3. The molecule has 1 aliphatic rings. The average molecular weight is 280 g/mol. The molecule has 2 rings (SSSR count). The monoisotopic (exact) mass is 280 g/mol. The third-order valence-electron chi connectivity index (χ3n) is 3.57. The van der Waals surface area contributed by atoms with E-state index in [0.29, 0.717) is 19.4 Å². The van der Waals surface area contributed by atoms with Crippen molar-refractivity contribution in [2.24, 2.45) is 5.73 Å². The summed E-state index contributed by atoms with van der Waals surface area (Å²) in [4.78, 5) is 2.32. The molecule has 0 amide bonds. The van der Waals surface area contributed by atoms with Gasteiger partial charge in [0.2, 0.25) is 6.79 Å². The van der Waals surface area contributed by atoms with E-state index in [1.165, 1.54) is 0 Å². The van der Waals surface area contributed by atoms with Crippen LogP contribution in [0.2, 0.25) is 0 Å². The van der Waals surface area contributed by atoms with Gasteiger partial charge in [0.05, 0.1) is 6.61 Å². The Hall–Kier alpha value is -1.30. The molecule has 0 spiro atoms. The lowest BCUT2D eigenvalue weighted by Crippen LogP contribution is -2.39. The third kappa shape index (κ3) is 3.62. The van der Waals surface area contributed by atoms with Crippen molar-refractivity contribution in [2.75, 3.05) is 33.6 Å². The largest absolute Gasteiger partial charge is 0.454 e. The molecule has 0 aromatic heterocycles. The van der Waals surface area contributed by atoms with Gasteiger partial charge < -0.3 is 19.9 Å². The summed E-state index contributed by atoms with van der Waals surface area (Å²) >= 11 is 0. The zero-order valence-corrected chi connectivity index (χ0v) is 12.5. The van der Waals surface area contributed by atoms with Gasteiger partial charge >= 0.3 is 0 Å². The second-order valence-corrected chi connectivity index (χ2v) is 5.30. The van der Waals surface area contributed by atoms with Crippen molar-refractivity contribution in [3.8, 4) is 11.5 Å². The molecule has 5 heteroatoms. The Balaban J connectivity index is 2.00. The SMILES string of the molecule is COCCN(CC(N)c1ccc2c(c1)OCO2)C(C)C. The number of methoxy groups -OCH3 is 1. The minimum Gasteiger partial charge on any atom is -0.454 e. The van der Waals surface area contributed by atoms with Gasteiger partial charge in [-0.05, 0) is 31.5 Å². The van der Waals surface area contributed by atoms with Crippen LogP contribution >= 0.6 is 0 Å². The number of rotatable bonds is 7. The van der Waals surface area contributed by atoms with E-state index < -0.39 is 0 Å². The number of fused-ring (bicyclic) bond motifs is 1. The second kappa shape index (κ2) is 6.92. The molecule has 0 fully saturated rings. The van der Waals surface area contributed by atoms with Gasteiger partial charge in [-0.25, -0.2) is 0 Å². The van der Waals surface area contributed by atoms with Gasteiger partial charge in [0, 0.05) is 32.3 Å². The summed E-state index contributed by atoms with van der Waals surface area (Å²) < 4.78 is 15.9. The highest BCUT2D eigenvalue weighted by molar-refractivity contribution is 5.45. The third-order valence-corrected chi connectivity index (χ3v) is 3.57. The average Bonchev–Trinajstić information content (AvgIpc) is 2.90. The van der Waals surface area contributed by atoms with Gasteiger partial charge in [0.25, 0.3) is 0 Å². The maximum absolute atomic E-state index is 6.32. The van der Waals surface area contributed by atoms with E-state index in [1.54, 1.807) is 7.11 Å². The molecule has 112 valence electrons. The van der Waals surface area contributed by atoms with Crippen LogP contribution in [0, 0.1) is 0 Å². The highest BCUT2D eigenvalue weighted by Gasteiger charge is 2.18. The quantitative estimate of drug-likeness (QED) is 0.825. The zero-order valence-electron chi connectivity index (χ0n) is 12.5. The molecule has 1 aromatic carbocycles. The minimum atomic E-state index is -0.0521. The number of nitrogens with zero attached hydrogens (tertiary/aromatic N) is 1. The molecule has 1 aromatic rings. The van der Waals surface area contributed by atoms with E-state index >= 15 is 0 Å². The van der Waals surface area contributed by atoms with Crippen molar-refractivity contribution >= 4 is 0 Å². The molecular weight excluding hydrogens is 256 g/mol. The highest BCUT2D eigenvalue weighted by Crippen LogP contribution is 2.33. The van der Waals surface area contributed by atoms with Crippen LogP contribution in [0.5, 0.6) is 11.5 Å². The first-order chi connectivity index (χ1) is 9.61. The molecule has 1 aliphatic heterocycles. The number of benzene rings is 1. The van der Waals surface area contributed by atoms with Crippen molar-refractivity contribution in [3.05, 3.63) is 23.8 Å². The lowest BCUT2D eigenvalue weighted by Gasteiger charge is -2.29. The Morgan fingerprint density at radius 1 is 1.30 bits per heavy atom. The summed E-state index contributed by atoms with van der Waals surface area (Å²) in [6.07, 6.45) is 0. The summed E-state index contributed by atoms with van der Waals surface area (Å²) in [6, 6.07) is 6.29. The Bertz CT molecular complexity index is 437. The van der Waals surface area contributed by atoms with Crippen LogP contribution in [-0.4, -0.2) is 44.5 Å². The van der Waals surface area contributed by atoms with Gasteiger partial charge in [0.1, 0.15) is 0 Å². The predicted molar refractivity (Wildman–Crippen MR) is 78.1 cm³/mol. The summed E-state index contributed by atoms with van der Waals surface area (Å²) in [6.45, 7) is 7.02. The van der Waals surface area contributed by atoms with Crippen LogP contribution in [0.1, 0.15) is 25.5 Å². The summed E-state index contributed by atoms with van der Waals surface area (Å²) in [5.74, 6) is 1.58. The van der Waals surface area contributed by atoms with E-state index in [9.17, 15) is 0 Å². The summed E-state index contributed by atoms with van der Waals surface area (Å²) in [5.41, 5.74) is 7.39. The molecule has 0 saturated heterocycles. The Morgan fingerprint density at radius 2 is 2.05 bits per heavy atom. The first-order valence-electron chi connectivity index (χ1n) is 7.00. The van der Waals surface area contributed by atoms with Crippen LogP contribution < -0.4 is 15.2 Å². The smallest absolute Gasteiger partial charge is 0.231 e. The molecule has 1 atom stereocenters. The molecule has 20 heavy (non-hydrogen) atoms. The lowest BCUT2D eigenvalue weighted by molar-refractivity contribution is 0.125. The van der Waals surface area contributed by atoms with Gasteiger partial charge in [0.15, 0.2) is 11.5 Å². The fourth-order valence-electron chi connectivity index (χ4n) is 2.27. The molecule has 2 N–H and O–H groups in total. The minimum absolute atomic E-state index is 0.0521. The molecule has 0 radical (unpaired) electrons. The van der Waals surface area contributed by atoms with Crippen LogP contribution in [0.4, 0.5) is 0 Å². The summed E-state index contributed by atoms with van der Waals surface area (Å²) in [5, 5.41) is 0. The Labute approximate surface area is 120 Å². The van der Waals surface area contributed by atoms with Crippen molar-refractivity contribution in [3.63, 3.8) is 0 Å². The Morgan fingerprint density at radius 3 is 2.75 bits per heavy atom. The molecule has 1 unspecified atom stereocenters. The maximum atomic E-state index is 6.32. The van der Waals surface area contributed by atoms with Crippen molar-refractivity contribution in [2.45, 2.75) is 25.9 Å². The molecule has 1 heterocycles. The topological polar surface area (TPSA) is 57.0 Å². The van der Waals surface area contributed by atoms with Crippen molar-refractivity contribution in [1.29, 1.82) is 0 Å². The van der Waals surface area contributed by atoms with E-state index in [1.807, 2.05) is 18.2 Å². The van der Waals surface area contributed by atoms with Gasteiger partial charge in [-0.3, -0.25) is 4.90 Å². The molecule has 5 nitrogen and oxygen atoms in total. The fourth-order valence-corrected chi connectivity index (χ4v) is 2.27. The molecule has 0 bridgehead atoms. The van der Waals surface area contributed by atoms with Crippen LogP contribution in [0.15, 0.2) is 18.2 Å². The van der Waals surface area contributed by atoms with Crippen LogP contribution in [0.25, 0.3) is 0 Å². The van der Waals surface area contributed by atoms with Crippen molar-refractivity contribution in [1.82, 2.24) is 4.90 Å². The van der Waals surface area contributed by atoms with Gasteiger partial charge in [-0.2, -0.15) is 0 Å². The Kier molecular flexibility index (Phi) is 5.23. The van der Waals surface area contributed by atoms with Gasteiger partial charge in [-0.15, -0.1) is 0 Å². The van der Waals surface area contributed by atoms with E-state index in [2.05, 4.69) is 18.7 Å². The first-order valence-corrected chi connectivity index (χ1v) is 7.00. The maximum Gasteiger partial charge on any atom is 0.231 e. The van der Waals surface area contributed by atoms with E-state index in [-0.39, 0.29) is 6.04 Å². The lowest BCUT2D eigenvalue weighted by atomic mass is 10.1. The number of hydrogen-bond acceptors (Lipinski definition) is 5. The normalized spacial score (nSPS) is 15.1. The zero-order chi connectivity index (χ0) is 14.5. The van der Waals surface area contributed by atoms with E-state index in [0.717, 1.165) is 30.2 Å². The van der Waals surface area contributed by atoms with Gasteiger partial charge in [-0.1, -0.05) is 6.07 Å².